The maximum absolute atomic E-state index is 5.20. The minimum atomic E-state index is -0.471. The van der Waals surface area contributed by atoms with E-state index < -0.39 is 5.41 Å². The molecule has 2 aliphatic rings. The summed E-state index contributed by atoms with van der Waals surface area (Å²) in [4.78, 5) is 10.4. The Kier molecular flexibility index (Phi) is 7.96. The Hall–Kier alpha value is -9.12. The van der Waals surface area contributed by atoms with E-state index in [-0.39, 0.29) is 0 Å². The maximum atomic E-state index is 5.20. The van der Waals surface area contributed by atoms with Gasteiger partial charge in [0.05, 0.1) is 44.6 Å². The summed E-state index contributed by atoms with van der Waals surface area (Å²) in [6.07, 6.45) is 0. The van der Waals surface area contributed by atoms with E-state index in [1.54, 1.807) is 0 Å². The Morgan fingerprint density at radius 1 is 0.304 bits per heavy atom. The van der Waals surface area contributed by atoms with Gasteiger partial charge in [0.25, 0.3) is 0 Å². The van der Waals surface area contributed by atoms with Crippen LogP contribution in [0, 0.1) is 0 Å². The topological polar surface area (TPSA) is 35.6 Å². The summed E-state index contributed by atoms with van der Waals surface area (Å²) in [6, 6.07) is 88.4. The van der Waals surface area contributed by atoms with Gasteiger partial charge >= 0.3 is 0 Å². The zero-order valence-corrected chi connectivity index (χ0v) is 37.4. The van der Waals surface area contributed by atoms with Crippen LogP contribution in [0.2, 0.25) is 0 Å². The second-order valence-electron chi connectivity index (χ2n) is 18.4. The van der Waals surface area contributed by atoms with Crippen molar-refractivity contribution in [2.24, 2.45) is 0 Å². The van der Waals surface area contributed by atoms with Crippen molar-refractivity contribution in [2.45, 2.75) is 5.41 Å². The third-order valence-corrected chi connectivity index (χ3v) is 15.0. The van der Waals surface area contributed by atoms with Crippen molar-refractivity contribution in [2.75, 3.05) is 0 Å². The minimum absolute atomic E-state index is 0.471. The largest absolute Gasteiger partial charge is 0.309 e. The summed E-state index contributed by atoms with van der Waals surface area (Å²) in [5.74, 6) is 0.699. The summed E-state index contributed by atoms with van der Waals surface area (Å²) in [6.45, 7) is 0. The molecule has 0 N–H and O–H groups in total. The number of aromatic nitrogens is 4. The van der Waals surface area contributed by atoms with E-state index >= 15 is 0 Å². The molecule has 4 heterocycles. The van der Waals surface area contributed by atoms with Gasteiger partial charge in [-0.2, -0.15) is 0 Å². The van der Waals surface area contributed by atoms with Crippen molar-refractivity contribution in [1.82, 2.24) is 19.1 Å². The molecule has 1 aliphatic carbocycles. The van der Waals surface area contributed by atoms with Crippen LogP contribution in [-0.2, 0) is 5.41 Å². The number of benzene rings is 10. The molecule has 0 radical (unpaired) electrons. The van der Waals surface area contributed by atoms with E-state index in [0.29, 0.717) is 5.82 Å². The van der Waals surface area contributed by atoms with E-state index in [0.717, 1.165) is 39.3 Å². The van der Waals surface area contributed by atoms with Gasteiger partial charge in [-0.05, 0) is 93.0 Å². The first-order valence-electron chi connectivity index (χ1n) is 23.7. The molecule has 4 nitrogen and oxygen atoms in total. The lowest BCUT2D eigenvalue weighted by Crippen LogP contribution is -2.33. The number of nitrogens with zero attached hydrogens (tertiary/aromatic N) is 4. The highest BCUT2D eigenvalue weighted by Crippen LogP contribution is 2.61. The number of hydrogen-bond acceptors (Lipinski definition) is 2. The fourth-order valence-electron chi connectivity index (χ4n) is 12.0. The molecule has 0 amide bonds. The number of hydrogen-bond donors (Lipinski definition) is 0. The van der Waals surface area contributed by atoms with Crippen LogP contribution < -0.4 is 0 Å². The second-order valence-corrected chi connectivity index (χ2v) is 18.4. The molecule has 0 saturated heterocycles. The van der Waals surface area contributed by atoms with Gasteiger partial charge in [-0.3, -0.25) is 0 Å². The highest BCUT2D eigenvalue weighted by molar-refractivity contribution is 6.13. The summed E-state index contributed by atoms with van der Waals surface area (Å²) in [7, 11) is 0. The van der Waals surface area contributed by atoms with Crippen LogP contribution in [0.4, 0.5) is 0 Å². The van der Waals surface area contributed by atoms with Gasteiger partial charge in [-0.25, -0.2) is 9.97 Å². The van der Waals surface area contributed by atoms with Crippen molar-refractivity contribution in [3.63, 3.8) is 0 Å². The molecule has 1 unspecified atom stereocenters. The smallest absolute Gasteiger partial charge is 0.160 e. The molecule has 4 heteroatoms. The summed E-state index contributed by atoms with van der Waals surface area (Å²) in [5, 5.41) is 5.07. The zero-order chi connectivity index (χ0) is 45.2. The number of rotatable bonds is 5. The number of fused-ring (bicyclic) bond motifs is 15. The number of para-hydroxylation sites is 5. The van der Waals surface area contributed by atoms with Crippen molar-refractivity contribution in [1.29, 1.82) is 0 Å². The Balaban J connectivity index is 0.831. The predicted octanol–water partition coefficient (Wildman–Crippen LogP) is 16.0. The van der Waals surface area contributed by atoms with E-state index in [2.05, 4.69) is 234 Å². The molecular formula is C65H40N4. The normalized spacial score (nSPS) is 14.4. The Morgan fingerprint density at radius 3 is 1.52 bits per heavy atom. The van der Waals surface area contributed by atoms with Crippen LogP contribution in [0.1, 0.15) is 22.3 Å². The second kappa shape index (κ2) is 14.4. The van der Waals surface area contributed by atoms with Gasteiger partial charge in [-0.15, -0.1) is 0 Å². The third kappa shape index (κ3) is 5.34. The highest BCUT2D eigenvalue weighted by Gasteiger charge is 2.50. The van der Waals surface area contributed by atoms with Crippen LogP contribution >= 0.6 is 0 Å². The highest BCUT2D eigenvalue weighted by atomic mass is 15.0. The zero-order valence-electron chi connectivity index (χ0n) is 37.4. The molecule has 15 rings (SSSR count). The summed E-state index contributed by atoms with van der Waals surface area (Å²) < 4.78 is 4.86. The molecule has 0 saturated carbocycles. The lowest BCUT2D eigenvalue weighted by atomic mass is 9.65. The molecule has 0 bridgehead atoms. The van der Waals surface area contributed by atoms with E-state index in [1.165, 1.54) is 88.2 Å². The van der Waals surface area contributed by atoms with Gasteiger partial charge in [0, 0.05) is 43.9 Å². The van der Waals surface area contributed by atoms with Crippen LogP contribution in [0.5, 0.6) is 0 Å². The first kappa shape index (κ1) is 38.0. The molecule has 0 fully saturated rings. The average molecular weight is 877 g/mol. The third-order valence-electron chi connectivity index (χ3n) is 15.0. The predicted molar refractivity (Wildman–Crippen MR) is 283 cm³/mol. The lowest BCUT2D eigenvalue weighted by molar-refractivity contribution is 0.748. The van der Waals surface area contributed by atoms with Gasteiger partial charge in [-0.1, -0.05) is 194 Å². The van der Waals surface area contributed by atoms with Gasteiger partial charge in [0.15, 0.2) is 5.82 Å². The van der Waals surface area contributed by atoms with E-state index in [1.807, 2.05) is 18.2 Å². The van der Waals surface area contributed by atoms with E-state index in [4.69, 9.17) is 9.97 Å². The molecule has 13 aromatic rings. The first-order chi connectivity index (χ1) is 34.2. The summed E-state index contributed by atoms with van der Waals surface area (Å²) >= 11 is 0. The Bertz CT molecular complexity index is 4180. The molecule has 10 aromatic carbocycles. The van der Waals surface area contributed by atoms with Gasteiger partial charge in [0.1, 0.15) is 0 Å². The minimum Gasteiger partial charge on any atom is -0.309 e. The standard InChI is InChI=1S/C65H40N4/c1-2-15-44(16-3-1)64-66-57(40-58(67-64)43-33-36-46(37-34-43)68-59-25-10-5-18-48(59)49-19-6-11-26-60(49)68)42-31-29-41(30-32-42)45-35-38-54-52(39-45)47-17-4-8-22-53(47)65(54)55-23-9-13-28-62(55)69-61-27-12-7-20-50(61)51-21-14-24-56(65)63(51)69/h1-40H. The molecule has 1 spiro atoms. The fraction of sp³-hybridized carbons (Fsp3) is 0.0154. The van der Waals surface area contributed by atoms with Crippen molar-refractivity contribution < 1.29 is 0 Å². The van der Waals surface area contributed by atoms with E-state index in [9.17, 15) is 0 Å². The Morgan fingerprint density at radius 2 is 0.812 bits per heavy atom. The fourth-order valence-corrected chi connectivity index (χ4v) is 12.0. The first-order valence-corrected chi connectivity index (χ1v) is 23.7. The maximum Gasteiger partial charge on any atom is 0.160 e. The quantitative estimate of drug-likeness (QED) is 0.173. The monoisotopic (exact) mass is 876 g/mol. The van der Waals surface area contributed by atoms with Gasteiger partial charge < -0.3 is 9.13 Å². The van der Waals surface area contributed by atoms with Crippen LogP contribution in [0.25, 0.3) is 111 Å². The lowest BCUT2D eigenvalue weighted by Gasteiger charge is -2.39. The van der Waals surface area contributed by atoms with Crippen LogP contribution in [0.15, 0.2) is 243 Å². The Labute approximate surface area is 398 Å². The molecule has 320 valence electrons. The van der Waals surface area contributed by atoms with Crippen LogP contribution in [-0.4, -0.2) is 19.1 Å². The average Bonchev–Trinajstić information content (AvgIpc) is 4.05. The molecular weight excluding hydrogens is 837 g/mol. The van der Waals surface area contributed by atoms with Gasteiger partial charge in [0.2, 0.25) is 0 Å². The van der Waals surface area contributed by atoms with Crippen molar-refractivity contribution in [3.05, 3.63) is 265 Å². The molecule has 1 atom stereocenters. The SMILES string of the molecule is c1ccc(-c2nc(-c3ccc(-c4ccc5c(c4)-c4ccccc4C54c5ccccc5-n5c6ccccc6c6cccc4c65)cc3)cc(-c3ccc(-n4c5ccccc5c5ccccc54)cc3)n2)cc1. The summed E-state index contributed by atoms with van der Waals surface area (Å²) in [5.41, 5.74) is 21.8. The van der Waals surface area contributed by atoms with Crippen LogP contribution in [0.3, 0.4) is 0 Å². The molecule has 69 heavy (non-hydrogen) atoms. The van der Waals surface area contributed by atoms with Crippen molar-refractivity contribution in [3.8, 4) is 67.5 Å². The molecule has 3 aromatic heterocycles. The van der Waals surface area contributed by atoms with Crippen molar-refractivity contribution >= 4 is 43.6 Å². The molecule has 1 aliphatic heterocycles.